The summed E-state index contributed by atoms with van der Waals surface area (Å²) in [4.78, 5) is 2.27. The Hall–Kier alpha value is -0.970. The molecule has 1 saturated heterocycles. The van der Waals surface area contributed by atoms with Crippen LogP contribution in [-0.4, -0.2) is 37.7 Å². The van der Waals surface area contributed by atoms with Gasteiger partial charge in [0.25, 0.3) is 0 Å². The third-order valence-electron chi connectivity index (χ3n) is 4.04. The normalized spacial score (nSPS) is 26.3. The van der Waals surface area contributed by atoms with Gasteiger partial charge in [-0.05, 0) is 24.9 Å². The number of ether oxygens (including phenoxy) is 1. The van der Waals surface area contributed by atoms with Gasteiger partial charge in [0.05, 0.1) is 6.10 Å². The Morgan fingerprint density at radius 1 is 1.47 bits per heavy atom. The first-order valence-corrected chi connectivity index (χ1v) is 6.87. The van der Waals surface area contributed by atoms with Gasteiger partial charge in [0, 0.05) is 31.8 Å². The van der Waals surface area contributed by atoms with Gasteiger partial charge in [-0.1, -0.05) is 25.1 Å². The van der Waals surface area contributed by atoms with Crippen molar-refractivity contribution in [2.75, 3.05) is 26.7 Å². The van der Waals surface area contributed by atoms with Crippen LogP contribution in [0.2, 0.25) is 0 Å². The van der Waals surface area contributed by atoms with E-state index in [1.807, 2.05) is 6.07 Å². The quantitative estimate of drug-likeness (QED) is 0.908. The fourth-order valence-corrected chi connectivity index (χ4v) is 2.72. The van der Waals surface area contributed by atoms with E-state index in [4.69, 9.17) is 10.5 Å². The van der Waals surface area contributed by atoms with Crippen molar-refractivity contribution >= 4 is 0 Å². The van der Waals surface area contributed by atoms with E-state index in [1.165, 1.54) is 6.07 Å². The summed E-state index contributed by atoms with van der Waals surface area (Å²) in [6, 6.07) is 6.46. The minimum atomic E-state index is -0.285. The zero-order valence-electron chi connectivity index (χ0n) is 11.7. The highest BCUT2D eigenvalue weighted by atomic mass is 19.1. The molecule has 106 valence electrons. The van der Waals surface area contributed by atoms with Gasteiger partial charge in [-0.2, -0.15) is 0 Å². The molecule has 3 atom stereocenters. The molecule has 0 amide bonds. The number of nitrogens with zero attached hydrogens (tertiary/aromatic N) is 1. The van der Waals surface area contributed by atoms with Crippen LogP contribution in [0.4, 0.5) is 4.39 Å². The van der Waals surface area contributed by atoms with Crippen molar-refractivity contribution in [1.82, 2.24) is 4.90 Å². The summed E-state index contributed by atoms with van der Waals surface area (Å²) in [5.74, 6) is 0.356. The molecule has 1 aromatic carbocycles. The molecule has 3 nitrogen and oxygen atoms in total. The third-order valence-corrected chi connectivity index (χ3v) is 4.04. The van der Waals surface area contributed by atoms with Crippen LogP contribution in [-0.2, 0) is 4.74 Å². The molecule has 3 unspecified atom stereocenters. The summed E-state index contributed by atoms with van der Waals surface area (Å²) in [6.07, 6.45) is 1.35. The lowest BCUT2D eigenvalue weighted by molar-refractivity contribution is -0.00651. The maximum Gasteiger partial charge on any atom is 0.128 e. The Bertz CT molecular complexity index is 413. The summed E-state index contributed by atoms with van der Waals surface area (Å²) in [5, 5.41) is 0. The molecule has 0 saturated carbocycles. The van der Waals surface area contributed by atoms with Crippen LogP contribution in [0.1, 0.15) is 24.9 Å². The number of hydrogen-bond acceptors (Lipinski definition) is 3. The Morgan fingerprint density at radius 3 is 2.89 bits per heavy atom. The Kier molecular flexibility index (Phi) is 4.91. The van der Waals surface area contributed by atoms with E-state index >= 15 is 0 Å². The summed E-state index contributed by atoms with van der Waals surface area (Å²) < 4.78 is 19.2. The molecule has 1 aliphatic rings. The molecule has 1 heterocycles. The average Bonchev–Trinajstić information content (AvgIpc) is 2.41. The predicted octanol–water partition coefficient (Wildman–Crippen LogP) is 2.18. The molecule has 0 aliphatic carbocycles. The van der Waals surface area contributed by atoms with Gasteiger partial charge in [-0.15, -0.1) is 0 Å². The van der Waals surface area contributed by atoms with E-state index in [0.29, 0.717) is 18.0 Å². The molecule has 2 rings (SSSR count). The smallest absolute Gasteiger partial charge is 0.128 e. The van der Waals surface area contributed by atoms with Crippen LogP contribution in [0.15, 0.2) is 24.3 Å². The van der Waals surface area contributed by atoms with Gasteiger partial charge >= 0.3 is 0 Å². The van der Waals surface area contributed by atoms with Crippen LogP contribution in [0, 0.1) is 11.7 Å². The summed E-state index contributed by atoms with van der Waals surface area (Å²) in [5.41, 5.74) is 6.72. The van der Waals surface area contributed by atoms with Gasteiger partial charge in [-0.3, -0.25) is 4.90 Å². The lowest BCUT2D eigenvalue weighted by Crippen LogP contribution is -2.46. The predicted molar refractivity (Wildman–Crippen MR) is 74.3 cm³/mol. The molecule has 2 N–H and O–H groups in total. The van der Waals surface area contributed by atoms with E-state index in [0.717, 1.165) is 19.5 Å². The fourth-order valence-electron chi connectivity index (χ4n) is 2.72. The highest BCUT2D eigenvalue weighted by molar-refractivity contribution is 5.21. The van der Waals surface area contributed by atoms with E-state index in [1.54, 1.807) is 19.2 Å². The largest absolute Gasteiger partial charge is 0.380 e. The highest BCUT2D eigenvalue weighted by Gasteiger charge is 2.27. The molecule has 1 fully saturated rings. The van der Waals surface area contributed by atoms with E-state index in [9.17, 15) is 4.39 Å². The minimum Gasteiger partial charge on any atom is -0.380 e. The van der Waals surface area contributed by atoms with Gasteiger partial charge in [0.2, 0.25) is 0 Å². The maximum absolute atomic E-state index is 13.7. The van der Waals surface area contributed by atoms with Crippen LogP contribution < -0.4 is 5.73 Å². The SMILES string of the molecule is COC1CN(CC(N)c2ccccc2F)CCC1C. The summed E-state index contributed by atoms with van der Waals surface area (Å²) >= 11 is 0. The molecular formula is C15H23FN2O. The van der Waals surface area contributed by atoms with Crippen molar-refractivity contribution in [1.29, 1.82) is 0 Å². The summed E-state index contributed by atoms with van der Waals surface area (Å²) in [6.45, 7) is 4.76. The monoisotopic (exact) mass is 266 g/mol. The Labute approximate surface area is 114 Å². The van der Waals surface area contributed by atoms with Crippen molar-refractivity contribution in [2.45, 2.75) is 25.5 Å². The second-order valence-corrected chi connectivity index (χ2v) is 5.43. The Balaban J connectivity index is 1.96. The lowest BCUT2D eigenvalue weighted by Gasteiger charge is -2.37. The first kappa shape index (κ1) is 14.4. The molecule has 0 bridgehead atoms. The lowest BCUT2D eigenvalue weighted by atomic mass is 9.95. The molecule has 19 heavy (non-hydrogen) atoms. The third kappa shape index (κ3) is 3.53. The number of halogens is 1. The van der Waals surface area contributed by atoms with Gasteiger partial charge in [-0.25, -0.2) is 4.39 Å². The zero-order chi connectivity index (χ0) is 13.8. The fraction of sp³-hybridized carbons (Fsp3) is 0.600. The second-order valence-electron chi connectivity index (χ2n) is 5.43. The topological polar surface area (TPSA) is 38.5 Å². The van der Waals surface area contributed by atoms with Gasteiger partial charge in [0.1, 0.15) is 5.82 Å². The second kappa shape index (κ2) is 6.46. The molecule has 0 aromatic heterocycles. The van der Waals surface area contributed by atoms with E-state index in [-0.39, 0.29) is 18.0 Å². The molecule has 4 heteroatoms. The van der Waals surface area contributed by atoms with Gasteiger partial charge < -0.3 is 10.5 Å². The van der Waals surface area contributed by atoms with Crippen molar-refractivity contribution in [2.24, 2.45) is 11.7 Å². The van der Waals surface area contributed by atoms with Crippen molar-refractivity contribution < 1.29 is 9.13 Å². The average molecular weight is 266 g/mol. The number of hydrogen-bond donors (Lipinski definition) is 1. The first-order chi connectivity index (χ1) is 9.11. The molecule has 0 radical (unpaired) electrons. The first-order valence-electron chi connectivity index (χ1n) is 6.87. The molecule has 1 aromatic rings. The van der Waals surface area contributed by atoms with Crippen LogP contribution in [0.25, 0.3) is 0 Å². The highest BCUT2D eigenvalue weighted by Crippen LogP contribution is 2.22. The van der Waals surface area contributed by atoms with E-state index < -0.39 is 0 Å². The standard InChI is InChI=1S/C15H23FN2O/c1-11-7-8-18(10-15(11)19-2)9-14(17)12-5-3-4-6-13(12)16/h3-6,11,14-15H,7-10,17H2,1-2H3. The van der Waals surface area contributed by atoms with E-state index in [2.05, 4.69) is 11.8 Å². The Morgan fingerprint density at radius 2 is 2.21 bits per heavy atom. The van der Waals surface area contributed by atoms with Crippen LogP contribution in [0.3, 0.4) is 0 Å². The number of nitrogens with two attached hydrogens (primary N) is 1. The number of likely N-dealkylation sites (tertiary alicyclic amines) is 1. The summed E-state index contributed by atoms with van der Waals surface area (Å²) in [7, 11) is 1.75. The molecular weight excluding hydrogens is 243 g/mol. The van der Waals surface area contributed by atoms with Gasteiger partial charge in [0.15, 0.2) is 0 Å². The van der Waals surface area contributed by atoms with Crippen molar-refractivity contribution in [3.63, 3.8) is 0 Å². The van der Waals surface area contributed by atoms with Crippen molar-refractivity contribution in [3.8, 4) is 0 Å². The van der Waals surface area contributed by atoms with Crippen LogP contribution >= 0.6 is 0 Å². The van der Waals surface area contributed by atoms with Crippen LogP contribution in [0.5, 0.6) is 0 Å². The molecule has 0 spiro atoms. The number of methoxy groups -OCH3 is 1. The molecule has 1 aliphatic heterocycles. The number of benzene rings is 1. The minimum absolute atomic E-state index is 0.219. The van der Waals surface area contributed by atoms with Crippen molar-refractivity contribution in [3.05, 3.63) is 35.6 Å². The number of piperidine rings is 1. The maximum atomic E-state index is 13.7. The number of rotatable bonds is 4. The zero-order valence-corrected chi connectivity index (χ0v) is 11.7.